The van der Waals surface area contributed by atoms with Crippen LogP contribution in [0.4, 0.5) is 5.69 Å². The summed E-state index contributed by atoms with van der Waals surface area (Å²) in [6.45, 7) is 2.55. The standard InChI is InChI=1S/C14H19N5O/c1-3-4-11-12(15)13(18-17-11)14(20)19(2)9-10-5-7-16-8-6-10/h5-8H,3-4,9,15H2,1-2H3,(H,17,18). The number of pyridine rings is 1. The summed E-state index contributed by atoms with van der Waals surface area (Å²) in [5, 5.41) is 6.89. The fraction of sp³-hybridized carbons (Fsp3) is 0.357. The number of anilines is 1. The van der Waals surface area contributed by atoms with Crippen LogP contribution in [0.3, 0.4) is 0 Å². The molecule has 6 nitrogen and oxygen atoms in total. The van der Waals surface area contributed by atoms with Gasteiger partial charge in [0.25, 0.3) is 5.91 Å². The van der Waals surface area contributed by atoms with Gasteiger partial charge in [0.05, 0.1) is 11.4 Å². The summed E-state index contributed by atoms with van der Waals surface area (Å²) in [4.78, 5) is 17.9. The Hall–Kier alpha value is -2.37. The van der Waals surface area contributed by atoms with Gasteiger partial charge in [-0.25, -0.2) is 0 Å². The third-order valence-electron chi connectivity index (χ3n) is 3.10. The number of aryl methyl sites for hydroxylation is 1. The molecule has 0 spiro atoms. The lowest BCUT2D eigenvalue weighted by Gasteiger charge is -2.16. The first kappa shape index (κ1) is 14.0. The molecule has 0 saturated carbocycles. The molecule has 0 aliphatic heterocycles. The number of nitrogens with two attached hydrogens (primary N) is 1. The molecule has 20 heavy (non-hydrogen) atoms. The van der Waals surface area contributed by atoms with Gasteiger partial charge in [0.2, 0.25) is 0 Å². The number of aromatic amines is 1. The Morgan fingerprint density at radius 2 is 2.10 bits per heavy atom. The van der Waals surface area contributed by atoms with Gasteiger partial charge in [-0.05, 0) is 24.1 Å². The van der Waals surface area contributed by atoms with Crippen molar-refractivity contribution in [3.63, 3.8) is 0 Å². The monoisotopic (exact) mass is 273 g/mol. The summed E-state index contributed by atoms with van der Waals surface area (Å²) < 4.78 is 0. The van der Waals surface area contributed by atoms with Crippen molar-refractivity contribution in [3.05, 3.63) is 41.5 Å². The molecular weight excluding hydrogens is 254 g/mol. The smallest absolute Gasteiger partial charge is 0.276 e. The molecule has 0 atom stereocenters. The number of aromatic nitrogens is 3. The van der Waals surface area contributed by atoms with E-state index in [9.17, 15) is 4.79 Å². The number of H-pyrrole nitrogens is 1. The fourth-order valence-electron chi connectivity index (χ4n) is 2.00. The molecule has 2 rings (SSSR count). The van der Waals surface area contributed by atoms with E-state index < -0.39 is 0 Å². The zero-order chi connectivity index (χ0) is 14.5. The minimum absolute atomic E-state index is 0.182. The van der Waals surface area contributed by atoms with E-state index in [1.165, 1.54) is 0 Å². The van der Waals surface area contributed by atoms with E-state index in [-0.39, 0.29) is 5.91 Å². The summed E-state index contributed by atoms with van der Waals surface area (Å²) in [6, 6.07) is 3.75. The van der Waals surface area contributed by atoms with Gasteiger partial charge in [0.15, 0.2) is 5.69 Å². The van der Waals surface area contributed by atoms with Crippen LogP contribution in [0, 0.1) is 0 Å². The lowest BCUT2D eigenvalue weighted by Crippen LogP contribution is -2.27. The van der Waals surface area contributed by atoms with Crippen molar-refractivity contribution in [3.8, 4) is 0 Å². The predicted molar refractivity (Wildman–Crippen MR) is 77.0 cm³/mol. The van der Waals surface area contributed by atoms with Crippen LogP contribution in [0.2, 0.25) is 0 Å². The van der Waals surface area contributed by atoms with Gasteiger partial charge in [0, 0.05) is 26.0 Å². The van der Waals surface area contributed by atoms with E-state index in [0.29, 0.717) is 17.9 Å². The highest BCUT2D eigenvalue weighted by molar-refractivity contribution is 5.97. The van der Waals surface area contributed by atoms with Crippen molar-refractivity contribution in [1.82, 2.24) is 20.1 Å². The second-order valence-electron chi connectivity index (χ2n) is 4.73. The van der Waals surface area contributed by atoms with E-state index >= 15 is 0 Å². The third kappa shape index (κ3) is 2.96. The Bertz CT molecular complexity index is 579. The maximum Gasteiger partial charge on any atom is 0.276 e. The van der Waals surface area contributed by atoms with Gasteiger partial charge in [-0.3, -0.25) is 14.9 Å². The number of hydrogen-bond acceptors (Lipinski definition) is 4. The molecule has 2 aromatic rings. The molecule has 0 aliphatic carbocycles. The number of amides is 1. The minimum atomic E-state index is -0.182. The van der Waals surface area contributed by atoms with Crippen LogP contribution in [0.1, 0.15) is 35.1 Å². The van der Waals surface area contributed by atoms with Gasteiger partial charge in [-0.2, -0.15) is 5.10 Å². The second kappa shape index (κ2) is 6.18. The minimum Gasteiger partial charge on any atom is -0.395 e. The maximum atomic E-state index is 12.3. The van der Waals surface area contributed by atoms with Crippen molar-refractivity contribution in [2.45, 2.75) is 26.3 Å². The van der Waals surface area contributed by atoms with Crippen molar-refractivity contribution in [2.24, 2.45) is 0 Å². The Morgan fingerprint density at radius 1 is 1.40 bits per heavy atom. The van der Waals surface area contributed by atoms with Gasteiger partial charge in [-0.1, -0.05) is 13.3 Å². The van der Waals surface area contributed by atoms with E-state index in [1.54, 1.807) is 24.3 Å². The van der Waals surface area contributed by atoms with Crippen molar-refractivity contribution < 1.29 is 4.79 Å². The summed E-state index contributed by atoms with van der Waals surface area (Å²) >= 11 is 0. The lowest BCUT2D eigenvalue weighted by molar-refractivity contribution is 0.0780. The van der Waals surface area contributed by atoms with E-state index in [4.69, 9.17) is 5.73 Å². The van der Waals surface area contributed by atoms with Crippen molar-refractivity contribution >= 4 is 11.6 Å². The molecule has 0 fully saturated rings. The highest BCUT2D eigenvalue weighted by Crippen LogP contribution is 2.17. The van der Waals surface area contributed by atoms with E-state index in [0.717, 1.165) is 24.1 Å². The van der Waals surface area contributed by atoms with Gasteiger partial charge < -0.3 is 10.6 Å². The van der Waals surface area contributed by atoms with Crippen LogP contribution in [0.25, 0.3) is 0 Å². The van der Waals surface area contributed by atoms with Crippen LogP contribution >= 0.6 is 0 Å². The van der Waals surface area contributed by atoms with Crippen molar-refractivity contribution in [2.75, 3.05) is 12.8 Å². The Morgan fingerprint density at radius 3 is 2.75 bits per heavy atom. The molecule has 3 N–H and O–H groups in total. The molecule has 0 saturated heterocycles. The van der Waals surface area contributed by atoms with Gasteiger partial charge >= 0.3 is 0 Å². The Kier molecular flexibility index (Phi) is 4.34. The first-order valence-corrected chi connectivity index (χ1v) is 6.60. The van der Waals surface area contributed by atoms with Crippen LogP contribution in [-0.4, -0.2) is 33.0 Å². The molecule has 0 unspecified atom stereocenters. The average molecular weight is 273 g/mol. The molecule has 0 radical (unpaired) electrons. The molecule has 106 valence electrons. The van der Waals surface area contributed by atoms with E-state index in [1.807, 2.05) is 12.1 Å². The number of carbonyl (C=O) groups is 1. The highest BCUT2D eigenvalue weighted by Gasteiger charge is 2.20. The first-order valence-electron chi connectivity index (χ1n) is 6.60. The number of hydrogen-bond donors (Lipinski definition) is 2. The lowest BCUT2D eigenvalue weighted by atomic mass is 10.2. The number of rotatable bonds is 5. The Balaban J connectivity index is 2.11. The van der Waals surface area contributed by atoms with Gasteiger partial charge in [-0.15, -0.1) is 0 Å². The van der Waals surface area contributed by atoms with Gasteiger partial charge in [0.1, 0.15) is 0 Å². The molecule has 2 heterocycles. The molecular formula is C14H19N5O. The highest BCUT2D eigenvalue weighted by atomic mass is 16.2. The third-order valence-corrected chi connectivity index (χ3v) is 3.10. The number of nitrogens with zero attached hydrogens (tertiary/aromatic N) is 3. The molecule has 0 aliphatic rings. The van der Waals surface area contributed by atoms with Crippen LogP contribution in [0.15, 0.2) is 24.5 Å². The maximum absolute atomic E-state index is 12.3. The predicted octanol–water partition coefficient (Wildman–Crippen LogP) is 1.61. The summed E-state index contributed by atoms with van der Waals surface area (Å²) in [5.74, 6) is -0.182. The van der Waals surface area contributed by atoms with Crippen molar-refractivity contribution in [1.29, 1.82) is 0 Å². The molecule has 0 bridgehead atoms. The average Bonchev–Trinajstić information content (AvgIpc) is 2.81. The molecule has 1 amide bonds. The fourth-order valence-corrected chi connectivity index (χ4v) is 2.00. The molecule has 6 heteroatoms. The first-order chi connectivity index (χ1) is 9.63. The largest absolute Gasteiger partial charge is 0.395 e. The normalized spacial score (nSPS) is 10.5. The summed E-state index contributed by atoms with van der Waals surface area (Å²) in [6.07, 6.45) is 5.15. The molecule has 2 aromatic heterocycles. The Labute approximate surface area is 118 Å². The van der Waals surface area contributed by atoms with Crippen LogP contribution < -0.4 is 5.73 Å². The summed E-state index contributed by atoms with van der Waals surface area (Å²) in [7, 11) is 1.73. The topological polar surface area (TPSA) is 87.9 Å². The number of nitrogens with one attached hydrogen (secondary N) is 1. The second-order valence-corrected chi connectivity index (χ2v) is 4.73. The summed E-state index contributed by atoms with van der Waals surface area (Å²) in [5.41, 5.74) is 8.56. The number of nitrogen functional groups attached to an aromatic ring is 1. The quantitative estimate of drug-likeness (QED) is 0.866. The van der Waals surface area contributed by atoms with Crippen LogP contribution in [-0.2, 0) is 13.0 Å². The number of carbonyl (C=O) groups excluding carboxylic acids is 1. The zero-order valence-electron chi connectivity index (χ0n) is 11.8. The van der Waals surface area contributed by atoms with E-state index in [2.05, 4.69) is 22.1 Å². The zero-order valence-corrected chi connectivity index (χ0v) is 11.8. The molecule has 0 aromatic carbocycles. The SMILES string of the molecule is CCCc1[nH]nc(C(=O)N(C)Cc2ccncc2)c1N. The van der Waals surface area contributed by atoms with Crippen LogP contribution in [0.5, 0.6) is 0 Å².